The number of carbonyl (C=O) groups is 1. The van der Waals surface area contributed by atoms with Gasteiger partial charge < -0.3 is 0 Å². The van der Waals surface area contributed by atoms with Gasteiger partial charge in [-0.3, -0.25) is 4.79 Å². The lowest BCUT2D eigenvalue weighted by molar-refractivity contribution is -0.110. The molecule has 0 heterocycles. The van der Waals surface area contributed by atoms with Gasteiger partial charge in [-0.2, -0.15) is 0 Å². The van der Waals surface area contributed by atoms with Gasteiger partial charge >= 0.3 is 0 Å². The Kier molecular flexibility index (Phi) is 3.17. The molecule has 0 spiro atoms. The van der Waals surface area contributed by atoms with Crippen molar-refractivity contribution in [3.63, 3.8) is 0 Å². The highest BCUT2D eigenvalue weighted by Gasteiger charge is 2.35. The molecule has 1 aliphatic rings. The van der Waals surface area contributed by atoms with Crippen LogP contribution >= 0.6 is 23.2 Å². The molecular formula is C13H10Cl2O. The van der Waals surface area contributed by atoms with Crippen molar-refractivity contribution in [2.24, 2.45) is 0 Å². The molecule has 2 rings (SSSR count). The lowest BCUT2D eigenvalue weighted by Gasteiger charge is -2.30. The molecule has 3 heteroatoms. The Bertz CT molecular complexity index is 430. The van der Waals surface area contributed by atoms with Crippen LogP contribution in [0.3, 0.4) is 0 Å². The molecule has 1 nitrogen and oxygen atoms in total. The van der Waals surface area contributed by atoms with Crippen LogP contribution in [0.25, 0.3) is 0 Å². The Morgan fingerprint density at radius 1 is 1.00 bits per heavy atom. The van der Waals surface area contributed by atoms with E-state index >= 15 is 0 Å². The maximum absolute atomic E-state index is 11.1. The largest absolute Gasteiger partial charge is 0.290 e. The van der Waals surface area contributed by atoms with Gasteiger partial charge in [0.25, 0.3) is 0 Å². The van der Waals surface area contributed by atoms with Gasteiger partial charge in [0.2, 0.25) is 0 Å². The number of rotatable bonds is 2. The van der Waals surface area contributed by atoms with Crippen LogP contribution in [0.2, 0.25) is 0 Å². The molecule has 0 fully saturated rings. The molecule has 16 heavy (non-hydrogen) atoms. The van der Waals surface area contributed by atoms with Crippen LogP contribution < -0.4 is 0 Å². The first-order valence-electron chi connectivity index (χ1n) is 4.91. The molecule has 82 valence electrons. The molecule has 0 bridgehead atoms. The second-order valence-electron chi connectivity index (χ2n) is 3.67. The third-order valence-corrected chi connectivity index (χ3v) is 3.40. The summed E-state index contributed by atoms with van der Waals surface area (Å²) in [6.45, 7) is 0. The summed E-state index contributed by atoms with van der Waals surface area (Å²) >= 11 is 12.1. The average Bonchev–Trinajstić information content (AvgIpc) is 2.31. The van der Waals surface area contributed by atoms with Crippen molar-refractivity contribution in [2.45, 2.75) is 10.3 Å². The molecule has 0 saturated heterocycles. The first kappa shape index (κ1) is 11.4. The van der Waals surface area contributed by atoms with Crippen LogP contribution in [0.1, 0.15) is 5.56 Å². The van der Waals surface area contributed by atoms with Gasteiger partial charge in [0.1, 0.15) is 4.84 Å². The van der Waals surface area contributed by atoms with Gasteiger partial charge in [-0.25, -0.2) is 0 Å². The average molecular weight is 253 g/mol. The van der Waals surface area contributed by atoms with E-state index in [1.165, 1.54) is 12.2 Å². The van der Waals surface area contributed by atoms with Crippen molar-refractivity contribution in [2.75, 3.05) is 0 Å². The molecule has 0 atom stereocenters. The first-order chi connectivity index (χ1) is 7.65. The molecule has 0 aromatic heterocycles. The number of benzene rings is 1. The van der Waals surface area contributed by atoms with Gasteiger partial charge in [-0.1, -0.05) is 42.5 Å². The SMILES string of the molecule is O=C1C=CC(c2ccccc2)(C(Cl)Cl)C=C1. The fraction of sp³-hybridized carbons (Fsp3) is 0.154. The number of halogens is 2. The van der Waals surface area contributed by atoms with Crippen LogP contribution in [0.15, 0.2) is 54.6 Å². The number of carbonyl (C=O) groups excluding carboxylic acids is 1. The van der Waals surface area contributed by atoms with Gasteiger partial charge in [0.05, 0.1) is 5.41 Å². The lowest BCUT2D eigenvalue weighted by atomic mass is 9.79. The maximum atomic E-state index is 11.1. The number of hydrogen-bond acceptors (Lipinski definition) is 1. The number of ketones is 1. The predicted octanol–water partition coefficient (Wildman–Crippen LogP) is 3.42. The lowest BCUT2D eigenvalue weighted by Crippen LogP contribution is -2.30. The highest BCUT2D eigenvalue weighted by Crippen LogP contribution is 2.38. The molecule has 0 aliphatic heterocycles. The Hall–Kier alpha value is -1.05. The number of allylic oxidation sites excluding steroid dienone is 4. The summed E-state index contributed by atoms with van der Waals surface area (Å²) in [5, 5.41) is 0. The zero-order valence-electron chi connectivity index (χ0n) is 8.44. The van der Waals surface area contributed by atoms with E-state index in [9.17, 15) is 4.79 Å². The normalized spacial score (nSPS) is 18.1. The van der Waals surface area contributed by atoms with Crippen molar-refractivity contribution in [1.82, 2.24) is 0 Å². The molecule has 0 unspecified atom stereocenters. The van der Waals surface area contributed by atoms with Crippen molar-refractivity contribution in [3.05, 3.63) is 60.2 Å². The molecule has 1 aromatic rings. The van der Waals surface area contributed by atoms with Crippen LogP contribution in [0.4, 0.5) is 0 Å². The van der Waals surface area contributed by atoms with Crippen LogP contribution in [0.5, 0.6) is 0 Å². The standard InChI is InChI=1S/C13H10Cl2O/c14-12(15)13(8-6-11(16)7-9-13)10-4-2-1-3-5-10/h1-9,12H. The van der Waals surface area contributed by atoms with Gasteiger partial charge in [0, 0.05) is 0 Å². The van der Waals surface area contributed by atoms with E-state index in [-0.39, 0.29) is 5.78 Å². The summed E-state index contributed by atoms with van der Waals surface area (Å²) in [6.07, 6.45) is 6.53. The quantitative estimate of drug-likeness (QED) is 0.738. The van der Waals surface area contributed by atoms with E-state index in [0.29, 0.717) is 0 Å². The molecule has 1 aromatic carbocycles. The topological polar surface area (TPSA) is 17.1 Å². The van der Waals surface area contributed by atoms with Gasteiger partial charge in [-0.15, -0.1) is 23.2 Å². The molecular weight excluding hydrogens is 243 g/mol. The van der Waals surface area contributed by atoms with Crippen molar-refractivity contribution in [1.29, 1.82) is 0 Å². The Labute approximate surface area is 104 Å². The monoisotopic (exact) mass is 252 g/mol. The molecule has 0 saturated carbocycles. The van der Waals surface area contributed by atoms with E-state index in [1.807, 2.05) is 30.3 Å². The smallest absolute Gasteiger partial charge is 0.178 e. The summed E-state index contributed by atoms with van der Waals surface area (Å²) in [6, 6.07) is 9.66. The summed E-state index contributed by atoms with van der Waals surface area (Å²) in [5.41, 5.74) is 0.378. The highest BCUT2D eigenvalue weighted by atomic mass is 35.5. The highest BCUT2D eigenvalue weighted by molar-refractivity contribution is 6.45. The van der Waals surface area contributed by atoms with Crippen molar-refractivity contribution in [3.8, 4) is 0 Å². The second kappa shape index (κ2) is 4.44. The third kappa shape index (κ3) is 1.93. The zero-order chi connectivity index (χ0) is 11.6. The zero-order valence-corrected chi connectivity index (χ0v) is 9.95. The number of alkyl halides is 2. The Morgan fingerprint density at radius 3 is 2.06 bits per heavy atom. The fourth-order valence-corrected chi connectivity index (χ4v) is 2.28. The van der Waals surface area contributed by atoms with E-state index in [4.69, 9.17) is 23.2 Å². The van der Waals surface area contributed by atoms with Crippen LogP contribution in [0, 0.1) is 0 Å². The molecule has 1 aliphatic carbocycles. The van der Waals surface area contributed by atoms with E-state index in [2.05, 4.69) is 0 Å². The fourth-order valence-electron chi connectivity index (χ4n) is 1.74. The van der Waals surface area contributed by atoms with Crippen LogP contribution in [-0.4, -0.2) is 10.6 Å². The minimum Gasteiger partial charge on any atom is -0.290 e. The molecule has 0 N–H and O–H groups in total. The van der Waals surface area contributed by atoms with Crippen molar-refractivity contribution < 1.29 is 4.79 Å². The van der Waals surface area contributed by atoms with E-state index in [0.717, 1.165) is 5.56 Å². The van der Waals surface area contributed by atoms with E-state index in [1.54, 1.807) is 12.2 Å². The Morgan fingerprint density at radius 2 is 1.56 bits per heavy atom. The summed E-state index contributed by atoms with van der Waals surface area (Å²) in [7, 11) is 0. The van der Waals surface area contributed by atoms with Gasteiger partial charge in [-0.05, 0) is 17.7 Å². The van der Waals surface area contributed by atoms with Crippen LogP contribution in [-0.2, 0) is 10.2 Å². The predicted molar refractivity (Wildman–Crippen MR) is 66.9 cm³/mol. The minimum atomic E-state index is -0.629. The van der Waals surface area contributed by atoms with Gasteiger partial charge in [0.15, 0.2) is 5.78 Å². The minimum absolute atomic E-state index is 0.0412. The Balaban J connectivity index is 2.50. The summed E-state index contributed by atoms with van der Waals surface area (Å²) in [4.78, 5) is 10.5. The first-order valence-corrected chi connectivity index (χ1v) is 5.78. The second-order valence-corrected chi connectivity index (χ2v) is 4.77. The molecule has 0 amide bonds. The third-order valence-electron chi connectivity index (χ3n) is 2.68. The summed E-state index contributed by atoms with van der Waals surface area (Å²) < 4.78 is 0. The molecule has 0 radical (unpaired) electrons. The number of hydrogen-bond donors (Lipinski definition) is 0. The maximum Gasteiger partial charge on any atom is 0.178 e. The summed E-state index contributed by atoms with van der Waals surface area (Å²) in [5.74, 6) is -0.0412. The van der Waals surface area contributed by atoms with E-state index < -0.39 is 10.3 Å². The van der Waals surface area contributed by atoms with Crippen molar-refractivity contribution >= 4 is 29.0 Å².